The highest BCUT2D eigenvalue weighted by molar-refractivity contribution is 7.09. The number of aliphatic carboxylic acids is 3. The van der Waals surface area contributed by atoms with Crippen LogP contribution in [0.15, 0.2) is 47.9 Å². The lowest BCUT2D eigenvalue weighted by atomic mass is 9.92. The monoisotopic (exact) mass is 1570 g/mol. The maximum absolute atomic E-state index is 14.5. The van der Waals surface area contributed by atoms with Gasteiger partial charge < -0.3 is 87.6 Å². The zero-order valence-electron chi connectivity index (χ0n) is 64.5. The number of aromatic nitrogens is 1. The Kier molecular flexibility index (Phi) is 38.4. The summed E-state index contributed by atoms with van der Waals surface area (Å²) < 4.78 is 16.7. The number of nitrogens with zero attached hydrogens (tertiary/aromatic N) is 5. The number of thiazole rings is 1. The van der Waals surface area contributed by atoms with E-state index in [0.29, 0.717) is 46.3 Å². The number of carboxylic acid groups (broad SMARTS) is 3. The molecule has 1 unspecified atom stereocenters. The number of hydrazine groups is 1. The quantitative estimate of drug-likeness (QED) is 0.0504. The number of fused-ring (bicyclic) bond motifs is 1. The van der Waals surface area contributed by atoms with Crippen LogP contribution in [0.25, 0.3) is 0 Å². The standard InChI is InChI=1S/C71H105N15O23S/c1-16-39(4)61(82-70(106)71(11,12)83(13)14)68(103)84(15)51(38(2)3)34-52(109-45(10)87)67-81-50(37-110-67)66(102)78-47(31-40(5)69(104)105)32-46-17-18-48-49(33-46)80-65(101)44(9)77-63(99)42(7)75-54(89)24-28-108-30-26-73-56(91)36-86(58(93)20-22-60(96)97)85(57(92)19-21-59(94)95)35-55(90)72-25-29-107-27-23-53(88)74-41(6)62(98)76-43(8)64(100)79-48/h17-22,33,37-44,47,51-52,61H,16,23-32,34-36H2,1-15H3,(H,72,90)(H,73,91)(H,74,88)(H,75,89)(H,76,98)(H,77,99)(H,78,102)(H,79,100)(H,80,101)(H,82,106)(H,94,95)(H,96,97)(H,104,105)/b21-19-,22-20-/t39-,40?,41-,42-,43-,44-,47+,51+,52+,61-/m0/s1. The van der Waals surface area contributed by atoms with Gasteiger partial charge in [-0.15, -0.1) is 11.3 Å². The number of likely N-dealkylation sites (N-methyl/N-ethyl adjacent to an activating group) is 2. The smallest absolute Gasteiger partial charge is 0.328 e. The number of esters is 1. The highest BCUT2D eigenvalue weighted by atomic mass is 32.1. The van der Waals surface area contributed by atoms with Gasteiger partial charge in [-0.2, -0.15) is 0 Å². The van der Waals surface area contributed by atoms with Crippen molar-refractivity contribution < 1.29 is 111 Å². The van der Waals surface area contributed by atoms with Crippen molar-refractivity contribution in [3.05, 3.63) is 64.1 Å². The number of hydrogen-bond donors (Lipinski definition) is 13. The van der Waals surface area contributed by atoms with Crippen LogP contribution in [0.1, 0.15) is 142 Å². The maximum Gasteiger partial charge on any atom is 0.328 e. The first-order valence-electron chi connectivity index (χ1n) is 35.5. The summed E-state index contributed by atoms with van der Waals surface area (Å²) in [5, 5.41) is 56.7. The lowest BCUT2D eigenvalue weighted by molar-refractivity contribution is -0.162. The first kappa shape index (κ1) is 93.4. The number of carbonyl (C=O) groups excluding carboxylic acids is 14. The van der Waals surface area contributed by atoms with Crippen molar-refractivity contribution in [3.63, 3.8) is 0 Å². The summed E-state index contributed by atoms with van der Waals surface area (Å²) in [5.74, 6) is -17.6. The zero-order chi connectivity index (χ0) is 83.0. The van der Waals surface area contributed by atoms with Crippen LogP contribution in [0.2, 0.25) is 0 Å². The summed E-state index contributed by atoms with van der Waals surface area (Å²) in [5.41, 5.74) is -0.907. The minimum atomic E-state index is -1.61. The molecule has 38 nitrogen and oxygen atoms in total. The molecule has 0 saturated carbocycles. The summed E-state index contributed by atoms with van der Waals surface area (Å²) in [4.78, 5) is 232. The van der Waals surface area contributed by atoms with Gasteiger partial charge in [-0.25, -0.2) is 24.6 Å². The molecule has 1 aliphatic heterocycles. The molecule has 0 bridgehead atoms. The molecule has 0 fully saturated rings. The van der Waals surface area contributed by atoms with Gasteiger partial charge in [-0.3, -0.25) is 76.8 Å². The number of carbonyl (C=O) groups is 17. The Morgan fingerprint density at radius 3 is 1.59 bits per heavy atom. The van der Waals surface area contributed by atoms with Crippen molar-refractivity contribution in [2.24, 2.45) is 17.8 Å². The molecule has 608 valence electrons. The second kappa shape index (κ2) is 45.2. The van der Waals surface area contributed by atoms with Gasteiger partial charge in [-0.05, 0) is 98.0 Å². The van der Waals surface area contributed by atoms with E-state index < -0.39 is 162 Å². The van der Waals surface area contributed by atoms with Gasteiger partial charge in [0.2, 0.25) is 59.1 Å². The van der Waals surface area contributed by atoms with E-state index in [4.69, 9.17) is 14.2 Å². The molecule has 1 aliphatic rings. The van der Waals surface area contributed by atoms with E-state index in [1.165, 1.54) is 70.0 Å². The third-order valence-corrected chi connectivity index (χ3v) is 18.5. The van der Waals surface area contributed by atoms with Crippen LogP contribution < -0.4 is 53.2 Å². The average Bonchev–Trinajstić information content (AvgIpc) is 1.12. The number of benzene rings is 1. The number of ether oxygens (including phenoxy) is 3. The second-order valence-corrected chi connectivity index (χ2v) is 28.2. The van der Waals surface area contributed by atoms with E-state index in [1.807, 2.05) is 27.7 Å². The van der Waals surface area contributed by atoms with E-state index in [1.54, 1.807) is 39.9 Å². The van der Waals surface area contributed by atoms with E-state index in [0.717, 1.165) is 11.3 Å². The van der Waals surface area contributed by atoms with Crippen molar-refractivity contribution >= 4 is 123 Å². The van der Waals surface area contributed by atoms with Crippen LogP contribution >= 0.6 is 11.3 Å². The molecule has 10 atom stereocenters. The fraction of sp³-hybridized carbons (Fsp3) is 0.577. The number of hydrogen-bond acceptors (Lipinski definition) is 23. The first-order valence-corrected chi connectivity index (χ1v) is 36.3. The van der Waals surface area contributed by atoms with E-state index in [2.05, 4.69) is 58.2 Å². The van der Waals surface area contributed by atoms with Gasteiger partial charge in [0.15, 0.2) is 6.10 Å². The summed E-state index contributed by atoms with van der Waals surface area (Å²) in [6.07, 6.45) is 0.221. The number of anilines is 2. The van der Waals surface area contributed by atoms with Crippen molar-refractivity contribution in [1.82, 2.24) is 67.3 Å². The third-order valence-electron chi connectivity index (χ3n) is 17.6. The predicted octanol–water partition coefficient (Wildman–Crippen LogP) is -0.248. The molecule has 0 radical (unpaired) electrons. The summed E-state index contributed by atoms with van der Waals surface area (Å²) in [6, 6.07) is -3.45. The Balaban J connectivity index is 1.99. The molecule has 39 heteroatoms. The number of amides is 13. The van der Waals surface area contributed by atoms with Gasteiger partial charge in [0.05, 0.1) is 49.3 Å². The zero-order valence-corrected chi connectivity index (χ0v) is 65.3. The van der Waals surface area contributed by atoms with Crippen LogP contribution in [0, 0.1) is 17.8 Å². The topological polar surface area (TPSA) is 525 Å². The molecule has 1 aromatic heterocycles. The molecule has 2 aromatic rings. The summed E-state index contributed by atoms with van der Waals surface area (Å²) in [6.45, 7) is 15.1. The van der Waals surface area contributed by atoms with Crippen molar-refractivity contribution in [2.75, 3.05) is 84.4 Å². The van der Waals surface area contributed by atoms with Gasteiger partial charge in [0.25, 0.3) is 17.7 Å². The minimum absolute atomic E-state index is 0.0289. The van der Waals surface area contributed by atoms with Crippen LogP contribution in [0.4, 0.5) is 11.4 Å². The minimum Gasteiger partial charge on any atom is -0.481 e. The predicted molar refractivity (Wildman–Crippen MR) is 396 cm³/mol. The van der Waals surface area contributed by atoms with Crippen molar-refractivity contribution in [2.45, 2.75) is 176 Å². The molecule has 0 saturated heterocycles. The number of carboxylic acids is 3. The van der Waals surface area contributed by atoms with Crippen LogP contribution in [0.5, 0.6) is 0 Å². The third kappa shape index (κ3) is 31.4. The highest BCUT2D eigenvalue weighted by Gasteiger charge is 2.40. The highest BCUT2D eigenvalue weighted by Crippen LogP contribution is 2.32. The summed E-state index contributed by atoms with van der Waals surface area (Å²) in [7, 11) is 5.12. The molecular formula is C71H105N15O23S. The lowest BCUT2D eigenvalue weighted by Crippen LogP contribution is -2.60. The molecule has 13 amide bonds. The van der Waals surface area contributed by atoms with Crippen molar-refractivity contribution in [3.8, 4) is 0 Å². The van der Waals surface area contributed by atoms with Gasteiger partial charge >= 0.3 is 23.9 Å². The van der Waals surface area contributed by atoms with Crippen LogP contribution in [-0.4, -0.2) is 262 Å². The Morgan fingerprint density at radius 1 is 0.664 bits per heavy atom. The Bertz CT molecular complexity index is 3710. The van der Waals surface area contributed by atoms with Crippen LogP contribution in [-0.2, 0) is 97.3 Å². The van der Waals surface area contributed by atoms with Gasteiger partial charge in [-0.1, -0.05) is 47.1 Å². The molecule has 13 N–H and O–H groups in total. The fourth-order valence-electron chi connectivity index (χ4n) is 10.3. The number of rotatable bonds is 23. The largest absolute Gasteiger partial charge is 0.481 e. The van der Waals surface area contributed by atoms with Crippen LogP contribution in [0.3, 0.4) is 0 Å². The molecule has 2 heterocycles. The Morgan fingerprint density at radius 2 is 1.15 bits per heavy atom. The number of nitrogens with one attached hydrogen (secondary N) is 10. The molecule has 0 aliphatic carbocycles. The maximum atomic E-state index is 14.5. The fourth-order valence-corrected chi connectivity index (χ4v) is 11.2. The molecule has 1 aromatic carbocycles. The molecule has 0 spiro atoms. The SMILES string of the molecule is CC[C@H](C)[C@H](NC(=O)C(C)(C)N(C)C)C(=O)N(C)[C@H](C[C@@H](OC(C)=O)c1nc(C(=O)N[C@@H](Cc2ccc3c(c2)NC(=O)[C@H](C)NC(=O)[C@H](C)NC(=O)CCOCCNC(=O)CN(C(=O)/C=C\C(=O)O)N(C(=O)/C=C\C(=O)O)CC(=O)NCCOCCC(=O)N[C@@H](C)C(=O)N[C@@H](C)C(=O)N3)CC(C)C(=O)O)cs1)C(C)C. The molecular weight excluding hydrogens is 1460 g/mol. The second-order valence-electron chi connectivity index (χ2n) is 27.3. The Labute approximate surface area is 641 Å². The van der Waals surface area contributed by atoms with E-state index in [-0.39, 0.29) is 117 Å². The Hall–Kier alpha value is -10.8. The van der Waals surface area contributed by atoms with Crippen molar-refractivity contribution in [1.29, 1.82) is 0 Å². The average molecular weight is 1570 g/mol. The van der Waals surface area contributed by atoms with E-state index >= 15 is 0 Å². The normalized spacial score (nSPS) is 19.8. The molecule has 110 heavy (non-hydrogen) atoms. The van der Waals surface area contributed by atoms with Gasteiger partial charge in [0.1, 0.15) is 54.0 Å². The summed E-state index contributed by atoms with van der Waals surface area (Å²) >= 11 is 0.999. The van der Waals surface area contributed by atoms with Gasteiger partial charge in [0, 0.05) is 88.1 Å². The molecule has 3 rings (SSSR count). The first-order chi connectivity index (χ1) is 51.5. The lowest BCUT2D eigenvalue weighted by Gasteiger charge is -2.38. The van der Waals surface area contributed by atoms with E-state index in [9.17, 15) is 96.8 Å².